The van der Waals surface area contributed by atoms with Gasteiger partial charge in [0.2, 0.25) is 0 Å². The lowest BCUT2D eigenvalue weighted by Crippen LogP contribution is -2.04. The van der Waals surface area contributed by atoms with Crippen LogP contribution in [0.2, 0.25) is 0 Å². The average molecular weight is 219 g/mol. The van der Waals surface area contributed by atoms with Crippen LogP contribution in [0.3, 0.4) is 0 Å². The minimum atomic E-state index is 1.01. The summed E-state index contributed by atoms with van der Waals surface area (Å²) in [6.45, 7) is 16.3. The van der Waals surface area contributed by atoms with E-state index in [0.29, 0.717) is 0 Å². The molecule has 0 spiro atoms. The zero-order valence-electron chi connectivity index (χ0n) is 11.2. The van der Waals surface area contributed by atoms with Gasteiger partial charge in [0.15, 0.2) is 0 Å². The molecule has 0 atom stereocenters. The molecule has 1 heteroatoms. The van der Waals surface area contributed by atoms with Crippen molar-refractivity contribution in [3.63, 3.8) is 0 Å². The van der Waals surface area contributed by atoms with E-state index < -0.39 is 0 Å². The molecule has 0 aromatic carbocycles. The molecule has 0 aliphatic carbocycles. The van der Waals surface area contributed by atoms with Crippen molar-refractivity contribution in [2.45, 2.75) is 47.0 Å². The standard InChI is InChI=1S/C15H25N/c1-7-10-15(14(6)16-9-3)11-13(5)12(4)8-2/h9,11,16H,3-4,7-8,10H2,1-2,5-6H3/b13-11+,15-14+. The van der Waals surface area contributed by atoms with Crippen LogP contribution in [-0.2, 0) is 0 Å². The minimum absolute atomic E-state index is 1.01. The maximum absolute atomic E-state index is 4.06. The fraction of sp³-hybridized carbons (Fsp3) is 0.467. The number of hydrogen-bond donors (Lipinski definition) is 1. The maximum atomic E-state index is 4.06. The molecule has 0 saturated heterocycles. The van der Waals surface area contributed by atoms with Gasteiger partial charge in [-0.15, -0.1) is 0 Å². The molecule has 0 fully saturated rings. The van der Waals surface area contributed by atoms with E-state index in [1.54, 1.807) is 6.20 Å². The molecule has 0 aromatic rings. The first-order chi connectivity index (χ1) is 7.56. The molecule has 1 N–H and O–H groups in total. The molecular formula is C15H25N. The van der Waals surface area contributed by atoms with Crippen molar-refractivity contribution in [1.82, 2.24) is 5.32 Å². The van der Waals surface area contributed by atoms with Gasteiger partial charge in [0.05, 0.1) is 0 Å². The predicted molar refractivity (Wildman–Crippen MR) is 74.1 cm³/mol. The fourth-order valence-electron chi connectivity index (χ4n) is 1.53. The van der Waals surface area contributed by atoms with Crippen LogP contribution in [-0.4, -0.2) is 0 Å². The summed E-state index contributed by atoms with van der Waals surface area (Å²) in [7, 11) is 0. The van der Waals surface area contributed by atoms with Crippen molar-refractivity contribution < 1.29 is 0 Å². The van der Waals surface area contributed by atoms with Gasteiger partial charge in [-0.3, -0.25) is 0 Å². The third-order valence-corrected chi connectivity index (χ3v) is 2.69. The highest BCUT2D eigenvalue weighted by Gasteiger charge is 2.00. The van der Waals surface area contributed by atoms with Crippen molar-refractivity contribution in [2.24, 2.45) is 0 Å². The Morgan fingerprint density at radius 2 is 1.88 bits per heavy atom. The van der Waals surface area contributed by atoms with Gasteiger partial charge in [-0.05, 0) is 44.0 Å². The largest absolute Gasteiger partial charge is 0.366 e. The van der Waals surface area contributed by atoms with Crippen LogP contribution < -0.4 is 5.32 Å². The fourth-order valence-corrected chi connectivity index (χ4v) is 1.53. The van der Waals surface area contributed by atoms with E-state index in [1.165, 1.54) is 22.4 Å². The molecule has 1 nitrogen and oxygen atoms in total. The molecule has 0 bridgehead atoms. The summed E-state index contributed by atoms with van der Waals surface area (Å²) in [5.74, 6) is 0. The molecular weight excluding hydrogens is 194 g/mol. The lowest BCUT2D eigenvalue weighted by atomic mass is 10.0. The molecule has 16 heavy (non-hydrogen) atoms. The minimum Gasteiger partial charge on any atom is -0.366 e. The van der Waals surface area contributed by atoms with E-state index in [1.807, 2.05) is 0 Å². The topological polar surface area (TPSA) is 12.0 Å². The Kier molecular flexibility index (Phi) is 7.36. The van der Waals surface area contributed by atoms with E-state index in [-0.39, 0.29) is 0 Å². The summed E-state index contributed by atoms with van der Waals surface area (Å²) in [5.41, 5.74) is 5.01. The van der Waals surface area contributed by atoms with Crippen molar-refractivity contribution in [3.8, 4) is 0 Å². The SMILES string of the molecule is C=CN/C(C)=C(/C=C(\C)C(=C)CC)CCC. The Bertz CT molecular complexity index is 305. The molecule has 0 aliphatic rings. The van der Waals surface area contributed by atoms with Gasteiger partial charge in [-0.2, -0.15) is 0 Å². The van der Waals surface area contributed by atoms with Gasteiger partial charge >= 0.3 is 0 Å². The van der Waals surface area contributed by atoms with Gasteiger partial charge in [-0.25, -0.2) is 0 Å². The van der Waals surface area contributed by atoms with E-state index in [0.717, 1.165) is 19.3 Å². The highest BCUT2D eigenvalue weighted by molar-refractivity contribution is 5.36. The van der Waals surface area contributed by atoms with Crippen molar-refractivity contribution >= 4 is 0 Å². The van der Waals surface area contributed by atoms with Crippen LogP contribution in [0.5, 0.6) is 0 Å². The molecule has 0 radical (unpaired) electrons. The number of hydrogen-bond acceptors (Lipinski definition) is 1. The van der Waals surface area contributed by atoms with Crippen LogP contribution in [0.4, 0.5) is 0 Å². The Labute approximate surface area is 101 Å². The predicted octanol–water partition coefficient (Wildman–Crippen LogP) is 4.71. The van der Waals surface area contributed by atoms with Crippen molar-refractivity contribution in [2.75, 3.05) is 0 Å². The summed E-state index contributed by atoms with van der Waals surface area (Å²) < 4.78 is 0. The molecule has 0 amide bonds. The third-order valence-electron chi connectivity index (χ3n) is 2.69. The zero-order valence-corrected chi connectivity index (χ0v) is 11.2. The van der Waals surface area contributed by atoms with Gasteiger partial charge < -0.3 is 5.32 Å². The second kappa shape index (κ2) is 7.98. The first-order valence-electron chi connectivity index (χ1n) is 6.00. The highest BCUT2D eigenvalue weighted by atomic mass is 14.8. The van der Waals surface area contributed by atoms with E-state index in [4.69, 9.17) is 0 Å². The Morgan fingerprint density at radius 3 is 2.31 bits per heavy atom. The summed E-state index contributed by atoms with van der Waals surface area (Å²) in [4.78, 5) is 0. The van der Waals surface area contributed by atoms with Gasteiger partial charge in [0.1, 0.15) is 0 Å². The number of allylic oxidation sites excluding steroid dienone is 5. The quantitative estimate of drug-likeness (QED) is 0.612. The van der Waals surface area contributed by atoms with Crippen molar-refractivity contribution in [1.29, 1.82) is 0 Å². The average Bonchev–Trinajstić information content (AvgIpc) is 2.27. The van der Waals surface area contributed by atoms with Crippen LogP contribution in [0.1, 0.15) is 47.0 Å². The Balaban J connectivity index is 5.00. The first-order valence-corrected chi connectivity index (χ1v) is 6.00. The number of rotatable bonds is 7. The maximum Gasteiger partial charge on any atom is 0.0147 e. The molecule has 0 aromatic heterocycles. The summed E-state index contributed by atoms with van der Waals surface area (Å²) in [6, 6.07) is 0. The lowest BCUT2D eigenvalue weighted by Gasteiger charge is -2.10. The Hall–Kier alpha value is -1.24. The van der Waals surface area contributed by atoms with Gasteiger partial charge in [-0.1, -0.05) is 45.1 Å². The smallest absolute Gasteiger partial charge is 0.0147 e. The monoisotopic (exact) mass is 219 g/mol. The second-order valence-electron chi connectivity index (χ2n) is 4.03. The van der Waals surface area contributed by atoms with Crippen LogP contribution in [0.25, 0.3) is 0 Å². The van der Waals surface area contributed by atoms with Gasteiger partial charge in [0.25, 0.3) is 0 Å². The van der Waals surface area contributed by atoms with Crippen LogP contribution in [0, 0.1) is 0 Å². The van der Waals surface area contributed by atoms with Crippen LogP contribution in [0.15, 0.2) is 47.9 Å². The second-order valence-corrected chi connectivity index (χ2v) is 4.03. The Morgan fingerprint density at radius 1 is 1.25 bits per heavy atom. The summed E-state index contributed by atoms with van der Waals surface area (Å²) >= 11 is 0. The first kappa shape index (κ1) is 14.8. The van der Waals surface area contributed by atoms with Crippen LogP contribution >= 0.6 is 0 Å². The summed E-state index contributed by atoms with van der Waals surface area (Å²) in [6.07, 6.45) is 7.20. The molecule has 90 valence electrons. The molecule has 0 rings (SSSR count). The van der Waals surface area contributed by atoms with E-state index >= 15 is 0 Å². The highest BCUT2D eigenvalue weighted by Crippen LogP contribution is 2.18. The van der Waals surface area contributed by atoms with Crippen molar-refractivity contribution in [3.05, 3.63) is 47.9 Å². The lowest BCUT2D eigenvalue weighted by molar-refractivity contribution is 0.885. The molecule has 0 saturated carbocycles. The molecule has 0 unspecified atom stereocenters. The van der Waals surface area contributed by atoms with E-state index in [9.17, 15) is 0 Å². The molecule has 0 aliphatic heterocycles. The molecule has 0 heterocycles. The van der Waals surface area contributed by atoms with Gasteiger partial charge in [0, 0.05) is 5.70 Å². The zero-order chi connectivity index (χ0) is 12.6. The normalized spacial score (nSPS) is 13.1. The third kappa shape index (κ3) is 5.01. The van der Waals surface area contributed by atoms with E-state index in [2.05, 4.69) is 52.2 Å². The summed E-state index contributed by atoms with van der Waals surface area (Å²) in [5, 5.41) is 3.16. The number of nitrogens with one attached hydrogen (secondary N) is 1.